The summed E-state index contributed by atoms with van der Waals surface area (Å²) in [7, 11) is 0. The highest BCUT2D eigenvalue weighted by atomic mass is 16.5. The van der Waals surface area contributed by atoms with Crippen molar-refractivity contribution in [2.45, 2.75) is 19.9 Å². The Bertz CT molecular complexity index is 724. The van der Waals surface area contributed by atoms with Crippen molar-refractivity contribution in [3.05, 3.63) is 42.5 Å². The van der Waals surface area contributed by atoms with E-state index in [4.69, 9.17) is 4.74 Å². The minimum Gasteiger partial charge on any atom is -0.492 e. The van der Waals surface area contributed by atoms with Crippen molar-refractivity contribution in [3.8, 4) is 5.75 Å². The molecule has 0 saturated carbocycles. The van der Waals surface area contributed by atoms with E-state index in [1.165, 1.54) is 10.8 Å². The Labute approximate surface area is 155 Å². The van der Waals surface area contributed by atoms with Gasteiger partial charge in [-0.2, -0.15) is 0 Å². The third kappa shape index (κ3) is 5.44. The van der Waals surface area contributed by atoms with E-state index < -0.39 is 0 Å². The molecule has 1 N–H and O–H groups in total. The lowest BCUT2D eigenvalue weighted by atomic mass is 10.1. The molecule has 2 aromatic rings. The van der Waals surface area contributed by atoms with Crippen LogP contribution in [0.2, 0.25) is 0 Å². The minimum atomic E-state index is 0.119. The Morgan fingerprint density at radius 2 is 1.73 bits per heavy atom. The predicted molar refractivity (Wildman–Crippen MR) is 106 cm³/mol. The lowest BCUT2D eigenvalue weighted by Gasteiger charge is -2.34. The quantitative estimate of drug-likeness (QED) is 0.828. The highest BCUT2D eigenvalue weighted by Gasteiger charge is 2.18. The van der Waals surface area contributed by atoms with Crippen LogP contribution in [0.3, 0.4) is 0 Å². The number of fused-ring (bicyclic) bond motifs is 1. The van der Waals surface area contributed by atoms with E-state index in [1.807, 2.05) is 26.0 Å². The van der Waals surface area contributed by atoms with Crippen molar-refractivity contribution >= 4 is 16.7 Å². The predicted octanol–water partition coefficient (Wildman–Crippen LogP) is 2.36. The molecule has 0 aliphatic carbocycles. The number of carbonyl (C=O) groups is 1. The van der Waals surface area contributed by atoms with Gasteiger partial charge in [0.15, 0.2) is 0 Å². The minimum absolute atomic E-state index is 0.119. The zero-order chi connectivity index (χ0) is 18.4. The molecule has 0 atom stereocenters. The number of piperazine rings is 1. The number of amides is 1. The standard InChI is InChI=1S/C21H29N3O2/c1-17(2)22-21(25)16-24-11-9-23(10-12-24)13-14-26-20-8-7-18-5-3-4-6-19(18)15-20/h3-8,15,17H,9-14,16H2,1-2H3,(H,22,25). The fraction of sp³-hybridized carbons (Fsp3) is 0.476. The molecule has 0 spiro atoms. The van der Waals surface area contributed by atoms with Crippen molar-refractivity contribution in [2.75, 3.05) is 45.9 Å². The molecular weight excluding hydrogens is 326 g/mol. The van der Waals surface area contributed by atoms with Crippen LogP contribution in [0.5, 0.6) is 5.75 Å². The van der Waals surface area contributed by atoms with Gasteiger partial charge < -0.3 is 10.1 Å². The van der Waals surface area contributed by atoms with Crippen LogP contribution in [-0.2, 0) is 4.79 Å². The second kappa shape index (κ2) is 9.01. The van der Waals surface area contributed by atoms with Gasteiger partial charge in [-0.25, -0.2) is 0 Å². The summed E-state index contributed by atoms with van der Waals surface area (Å²) >= 11 is 0. The lowest BCUT2D eigenvalue weighted by molar-refractivity contribution is -0.123. The number of carbonyl (C=O) groups excluding carboxylic acids is 1. The van der Waals surface area contributed by atoms with Crippen LogP contribution in [0.25, 0.3) is 10.8 Å². The molecule has 1 saturated heterocycles. The molecule has 1 heterocycles. The van der Waals surface area contributed by atoms with Crippen molar-refractivity contribution in [1.29, 1.82) is 0 Å². The van der Waals surface area contributed by atoms with Gasteiger partial charge in [-0.05, 0) is 36.8 Å². The Kier molecular flexibility index (Phi) is 6.47. The molecule has 0 aromatic heterocycles. The van der Waals surface area contributed by atoms with Gasteiger partial charge in [0.1, 0.15) is 12.4 Å². The van der Waals surface area contributed by atoms with E-state index in [9.17, 15) is 4.79 Å². The van der Waals surface area contributed by atoms with E-state index in [1.54, 1.807) is 0 Å². The number of hydrogen-bond acceptors (Lipinski definition) is 4. The first kappa shape index (κ1) is 18.7. The third-order valence-corrected chi connectivity index (χ3v) is 4.68. The van der Waals surface area contributed by atoms with Crippen LogP contribution in [0, 0.1) is 0 Å². The summed E-state index contributed by atoms with van der Waals surface area (Å²) in [6.07, 6.45) is 0. The van der Waals surface area contributed by atoms with Gasteiger partial charge in [0.2, 0.25) is 5.91 Å². The van der Waals surface area contributed by atoms with Crippen molar-refractivity contribution in [3.63, 3.8) is 0 Å². The molecule has 0 unspecified atom stereocenters. The Hall–Kier alpha value is -2.11. The second-order valence-electron chi connectivity index (χ2n) is 7.20. The highest BCUT2D eigenvalue weighted by molar-refractivity contribution is 5.83. The monoisotopic (exact) mass is 355 g/mol. The number of nitrogens with zero attached hydrogens (tertiary/aromatic N) is 2. The molecule has 5 nitrogen and oxygen atoms in total. The largest absolute Gasteiger partial charge is 0.492 e. The number of nitrogens with one attached hydrogen (secondary N) is 1. The van der Waals surface area contributed by atoms with Gasteiger partial charge in [0.25, 0.3) is 0 Å². The van der Waals surface area contributed by atoms with Gasteiger partial charge in [-0.15, -0.1) is 0 Å². The Morgan fingerprint density at radius 1 is 1.04 bits per heavy atom. The second-order valence-corrected chi connectivity index (χ2v) is 7.20. The number of hydrogen-bond donors (Lipinski definition) is 1. The van der Waals surface area contributed by atoms with Crippen LogP contribution in [0.15, 0.2) is 42.5 Å². The van der Waals surface area contributed by atoms with Crippen LogP contribution < -0.4 is 10.1 Å². The summed E-state index contributed by atoms with van der Waals surface area (Å²) < 4.78 is 5.93. The normalized spacial score (nSPS) is 16.1. The SMILES string of the molecule is CC(C)NC(=O)CN1CCN(CCOc2ccc3ccccc3c2)CC1. The molecule has 1 amide bonds. The van der Waals surface area contributed by atoms with Crippen molar-refractivity contribution in [2.24, 2.45) is 0 Å². The molecule has 0 bridgehead atoms. The molecule has 5 heteroatoms. The Morgan fingerprint density at radius 3 is 2.46 bits per heavy atom. The van der Waals surface area contributed by atoms with E-state index >= 15 is 0 Å². The molecule has 1 aliphatic rings. The molecule has 26 heavy (non-hydrogen) atoms. The first-order chi connectivity index (χ1) is 12.6. The average molecular weight is 355 g/mol. The Balaban J connectivity index is 1.37. The van der Waals surface area contributed by atoms with Crippen LogP contribution in [-0.4, -0.2) is 67.6 Å². The molecule has 0 radical (unpaired) electrons. The van der Waals surface area contributed by atoms with Gasteiger partial charge in [-0.3, -0.25) is 14.6 Å². The maximum absolute atomic E-state index is 11.8. The van der Waals surface area contributed by atoms with Crippen LogP contribution in [0.1, 0.15) is 13.8 Å². The maximum atomic E-state index is 11.8. The maximum Gasteiger partial charge on any atom is 0.234 e. The first-order valence-corrected chi connectivity index (χ1v) is 9.46. The molecule has 1 aliphatic heterocycles. The van der Waals surface area contributed by atoms with Crippen molar-refractivity contribution in [1.82, 2.24) is 15.1 Å². The fourth-order valence-corrected chi connectivity index (χ4v) is 3.29. The van der Waals surface area contributed by atoms with E-state index in [2.05, 4.69) is 45.4 Å². The van der Waals surface area contributed by atoms with E-state index in [-0.39, 0.29) is 11.9 Å². The summed E-state index contributed by atoms with van der Waals surface area (Å²) in [6.45, 7) is 9.91. The molecule has 3 rings (SSSR count). The summed E-state index contributed by atoms with van der Waals surface area (Å²) in [4.78, 5) is 16.5. The number of ether oxygens (including phenoxy) is 1. The van der Waals surface area contributed by atoms with Crippen molar-refractivity contribution < 1.29 is 9.53 Å². The smallest absolute Gasteiger partial charge is 0.234 e. The van der Waals surface area contributed by atoms with E-state index in [0.29, 0.717) is 13.2 Å². The lowest BCUT2D eigenvalue weighted by Crippen LogP contribution is -2.50. The third-order valence-electron chi connectivity index (χ3n) is 4.68. The zero-order valence-electron chi connectivity index (χ0n) is 15.8. The highest BCUT2D eigenvalue weighted by Crippen LogP contribution is 2.20. The number of rotatable bonds is 7. The van der Waals surface area contributed by atoms with Crippen LogP contribution >= 0.6 is 0 Å². The topological polar surface area (TPSA) is 44.8 Å². The summed E-state index contributed by atoms with van der Waals surface area (Å²) in [5, 5.41) is 5.39. The summed E-state index contributed by atoms with van der Waals surface area (Å²) in [5.74, 6) is 1.04. The van der Waals surface area contributed by atoms with Gasteiger partial charge in [-0.1, -0.05) is 30.3 Å². The van der Waals surface area contributed by atoms with Crippen LogP contribution in [0.4, 0.5) is 0 Å². The summed E-state index contributed by atoms with van der Waals surface area (Å²) in [6, 6.07) is 14.8. The zero-order valence-corrected chi connectivity index (χ0v) is 15.8. The molecular formula is C21H29N3O2. The van der Waals surface area contributed by atoms with E-state index in [0.717, 1.165) is 38.5 Å². The van der Waals surface area contributed by atoms with Gasteiger partial charge in [0.05, 0.1) is 6.54 Å². The molecule has 2 aromatic carbocycles. The fourth-order valence-electron chi connectivity index (χ4n) is 3.29. The average Bonchev–Trinajstić information content (AvgIpc) is 2.62. The first-order valence-electron chi connectivity index (χ1n) is 9.46. The number of benzene rings is 2. The van der Waals surface area contributed by atoms with Gasteiger partial charge >= 0.3 is 0 Å². The molecule has 1 fully saturated rings. The molecule has 140 valence electrons. The van der Waals surface area contributed by atoms with Gasteiger partial charge in [0, 0.05) is 38.8 Å². The summed E-state index contributed by atoms with van der Waals surface area (Å²) in [5.41, 5.74) is 0.